The first-order chi connectivity index (χ1) is 13.7. The first kappa shape index (κ1) is 21.5. The molecule has 29 heavy (non-hydrogen) atoms. The van der Waals surface area contributed by atoms with Gasteiger partial charge in [0.2, 0.25) is 11.8 Å². The zero-order chi connectivity index (χ0) is 21.2. The minimum Gasteiger partial charge on any atom is -0.322 e. The third-order valence-corrected chi connectivity index (χ3v) is 6.43. The highest BCUT2D eigenvalue weighted by Gasteiger charge is 2.39. The summed E-state index contributed by atoms with van der Waals surface area (Å²) in [5.74, 6) is -0.303. The molecule has 3 amide bonds. The van der Waals surface area contributed by atoms with Crippen LogP contribution in [0.25, 0.3) is 0 Å². The molecule has 2 aliphatic heterocycles. The van der Waals surface area contributed by atoms with Crippen molar-refractivity contribution in [1.29, 1.82) is 0 Å². The van der Waals surface area contributed by atoms with Crippen molar-refractivity contribution < 1.29 is 14.4 Å². The van der Waals surface area contributed by atoms with Gasteiger partial charge in [-0.1, -0.05) is 59.1 Å². The molecule has 2 unspecified atom stereocenters. The maximum atomic E-state index is 12.8. The van der Waals surface area contributed by atoms with E-state index in [0.29, 0.717) is 29.9 Å². The van der Waals surface area contributed by atoms with E-state index in [0.717, 1.165) is 12.0 Å². The third-order valence-electron chi connectivity index (χ3n) is 6.43. The third kappa shape index (κ3) is 4.88. The minimum atomic E-state index is -0.550. The van der Waals surface area contributed by atoms with Gasteiger partial charge in [0.15, 0.2) is 0 Å². The van der Waals surface area contributed by atoms with E-state index in [1.807, 2.05) is 6.07 Å². The molecule has 5 heteroatoms. The van der Waals surface area contributed by atoms with E-state index < -0.39 is 6.04 Å². The average molecular weight is 399 g/mol. The molecule has 2 atom stereocenters. The van der Waals surface area contributed by atoms with Gasteiger partial charge in [0.1, 0.15) is 6.04 Å². The number of imide groups is 1. The number of hydrogen-bond acceptors (Lipinski definition) is 3. The lowest BCUT2D eigenvalue weighted by Crippen LogP contribution is -2.52. The second kappa shape index (κ2) is 8.68. The Hall–Kier alpha value is -2.17. The Labute approximate surface area is 174 Å². The molecule has 1 aromatic carbocycles. The highest BCUT2D eigenvalue weighted by atomic mass is 16.2. The molecule has 0 aromatic heterocycles. The molecule has 5 nitrogen and oxygen atoms in total. The van der Waals surface area contributed by atoms with Crippen LogP contribution in [0, 0.1) is 5.41 Å². The molecule has 2 aliphatic rings. The van der Waals surface area contributed by atoms with Crippen molar-refractivity contribution in [2.24, 2.45) is 5.41 Å². The molecule has 3 rings (SSSR count). The Kier molecular flexibility index (Phi) is 6.45. The molecule has 0 radical (unpaired) electrons. The van der Waals surface area contributed by atoms with Gasteiger partial charge < -0.3 is 4.90 Å². The van der Waals surface area contributed by atoms with E-state index in [1.165, 1.54) is 31.2 Å². The zero-order valence-electron chi connectivity index (χ0n) is 18.2. The second-order valence-electron chi connectivity index (χ2n) is 9.54. The summed E-state index contributed by atoms with van der Waals surface area (Å²) in [4.78, 5) is 38.1. The number of amides is 3. The lowest BCUT2D eigenvalue weighted by Gasteiger charge is -2.29. The van der Waals surface area contributed by atoms with Gasteiger partial charge in [-0.25, -0.2) is 0 Å². The van der Waals surface area contributed by atoms with Gasteiger partial charge in [-0.3, -0.25) is 19.7 Å². The lowest BCUT2D eigenvalue weighted by atomic mass is 9.77. The Morgan fingerprint density at radius 2 is 1.97 bits per heavy atom. The van der Waals surface area contributed by atoms with Crippen LogP contribution >= 0.6 is 0 Å². The fourth-order valence-corrected chi connectivity index (χ4v) is 4.80. The summed E-state index contributed by atoms with van der Waals surface area (Å²) in [5, 5.41) is 2.36. The van der Waals surface area contributed by atoms with Crippen LogP contribution in [0.1, 0.15) is 100 Å². The lowest BCUT2D eigenvalue weighted by molar-refractivity contribution is -0.136. The highest BCUT2D eigenvalue weighted by molar-refractivity contribution is 6.05. The summed E-state index contributed by atoms with van der Waals surface area (Å²) in [6, 6.07) is 5.58. The predicted molar refractivity (Wildman–Crippen MR) is 113 cm³/mol. The minimum absolute atomic E-state index is 0.103. The smallest absolute Gasteiger partial charge is 0.255 e. The molecule has 0 aliphatic carbocycles. The quantitative estimate of drug-likeness (QED) is 0.516. The highest BCUT2D eigenvalue weighted by Crippen LogP contribution is 2.37. The number of piperidine rings is 1. The van der Waals surface area contributed by atoms with Gasteiger partial charge >= 0.3 is 0 Å². The number of nitrogens with zero attached hydrogens (tertiary/aromatic N) is 1. The second-order valence-corrected chi connectivity index (χ2v) is 9.54. The van der Waals surface area contributed by atoms with Gasteiger partial charge in [-0.05, 0) is 47.8 Å². The van der Waals surface area contributed by atoms with Crippen molar-refractivity contribution in [2.45, 2.75) is 91.1 Å². The van der Waals surface area contributed by atoms with E-state index in [2.05, 4.69) is 45.1 Å². The number of hydrogen-bond donors (Lipinski definition) is 1. The SMILES string of the molecule is CCCCCC(C)(C)CC(C)c1ccc2c(c1)CN(C1CCC(=O)NC1=O)C2=O. The van der Waals surface area contributed by atoms with Gasteiger partial charge in [-0.15, -0.1) is 0 Å². The van der Waals surface area contributed by atoms with Crippen LogP contribution in [0.15, 0.2) is 18.2 Å². The summed E-state index contributed by atoms with van der Waals surface area (Å²) >= 11 is 0. The maximum absolute atomic E-state index is 12.8. The Morgan fingerprint density at radius 3 is 2.66 bits per heavy atom. The molecule has 1 fully saturated rings. The number of nitrogens with one attached hydrogen (secondary N) is 1. The van der Waals surface area contributed by atoms with Gasteiger partial charge in [0.05, 0.1) is 0 Å². The molecule has 158 valence electrons. The maximum Gasteiger partial charge on any atom is 0.255 e. The van der Waals surface area contributed by atoms with E-state index in [-0.39, 0.29) is 24.1 Å². The van der Waals surface area contributed by atoms with Crippen LogP contribution in [-0.2, 0) is 16.1 Å². The fraction of sp³-hybridized carbons (Fsp3) is 0.625. The Morgan fingerprint density at radius 1 is 1.21 bits per heavy atom. The number of carbonyl (C=O) groups excluding carboxylic acids is 3. The van der Waals surface area contributed by atoms with Crippen molar-refractivity contribution >= 4 is 17.7 Å². The number of benzene rings is 1. The van der Waals surface area contributed by atoms with E-state index in [4.69, 9.17) is 0 Å². The summed E-state index contributed by atoms with van der Waals surface area (Å²) in [6.07, 6.45) is 6.84. The molecule has 0 spiro atoms. The van der Waals surface area contributed by atoms with Crippen LogP contribution in [0.3, 0.4) is 0 Å². The van der Waals surface area contributed by atoms with Crippen LogP contribution in [0.2, 0.25) is 0 Å². The van der Waals surface area contributed by atoms with Crippen molar-refractivity contribution in [2.75, 3.05) is 0 Å². The topological polar surface area (TPSA) is 66.5 Å². The van der Waals surface area contributed by atoms with Crippen LogP contribution in [0.5, 0.6) is 0 Å². The molecule has 2 heterocycles. The number of unbranched alkanes of at least 4 members (excludes halogenated alkanes) is 2. The van der Waals surface area contributed by atoms with Crippen LogP contribution in [-0.4, -0.2) is 28.7 Å². The standard InChI is InChI=1S/C24H34N2O3/c1-5-6-7-12-24(3,4)14-16(2)17-8-9-19-18(13-17)15-26(23(19)29)20-10-11-21(27)25-22(20)28/h8-9,13,16,20H,5-7,10-12,14-15H2,1-4H3,(H,25,27,28). The molecule has 1 aromatic rings. The van der Waals surface area contributed by atoms with E-state index >= 15 is 0 Å². The number of carbonyl (C=O) groups is 3. The molecule has 0 saturated carbocycles. The first-order valence-corrected chi connectivity index (χ1v) is 11.0. The van der Waals surface area contributed by atoms with E-state index in [9.17, 15) is 14.4 Å². The summed E-state index contributed by atoms with van der Waals surface area (Å²) in [7, 11) is 0. The van der Waals surface area contributed by atoms with Gasteiger partial charge in [0, 0.05) is 18.5 Å². The van der Waals surface area contributed by atoms with Crippen molar-refractivity contribution in [3.05, 3.63) is 34.9 Å². The first-order valence-electron chi connectivity index (χ1n) is 11.0. The largest absolute Gasteiger partial charge is 0.322 e. The fourth-order valence-electron chi connectivity index (χ4n) is 4.80. The number of fused-ring (bicyclic) bond motifs is 1. The van der Waals surface area contributed by atoms with Crippen molar-refractivity contribution in [3.8, 4) is 0 Å². The summed E-state index contributed by atoms with van der Waals surface area (Å²) in [6.45, 7) is 9.64. The van der Waals surface area contributed by atoms with E-state index in [1.54, 1.807) is 4.90 Å². The van der Waals surface area contributed by atoms with Crippen molar-refractivity contribution in [1.82, 2.24) is 10.2 Å². The molecular formula is C24H34N2O3. The Bertz CT molecular complexity index is 799. The normalized spacial score (nSPS) is 20.6. The average Bonchev–Trinajstić information content (AvgIpc) is 2.97. The molecule has 0 bridgehead atoms. The monoisotopic (exact) mass is 398 g/mol. The molecule has 1 saturated heterocycles. The van der Waals surface area contributed by atoms with Gasteiger partial charge in [0.25, 0.3) is 5.91 Å². The summed E-state index contributed by atoms with van der Waals surface area (Å²) < 4.78 is 0. The van der Waals surface area contributed by atoms with Gasteiger partial charge in [-0.2, -0.15) is 0 Å². The summed E-state index contributed by atoms with van der Waals surface area (Å²) in [5.41, 5.74) is 3.23. The Balaban J connectivity index is 1.69. The number of rotatable bonds is 8. The predicted octanol–water partition coefficient (Wildman–Crippen LogP) is 4.55. The van der Waals surface area contributed by atoms with Crippen LogP contribution in [0.4, 0.5) is 0 Å². The van der Waals surface area contributed by atoms with Crippen LogP contribution < -0.4 is 5.32 Å². The molecule has 1 N–H and O–H groups in total. The van der Waals surface area contributed by atoms with Crippen molar-refractivity contribution in [3.63, 3.8) is 0 Å². The molecular weight excluding hydrogens is 364 g/mol. The zero-order valence-corrected chi connectivity index (χ0v) is 18.2.